The summed E-state index contributed by atoms with van der Waals surface area (Å²) >= 11 is 2.09. The number of thioether (sulfide) groups is 1. The summed E-state index contributed by atoms with van der Waals surface area (Å²) in [6.45, 7) is 2.95. The van der Waals surface area contributed by atoms with E-state index < -0.39 is 0 Å². The van der Waals surface area contributed by atoms with Crippen LogP contribution in [-0.4, -0.2) is 18.1 Å². The van der Waals surface area contributed by atoms with Gasteiger partial charge in [-0.2, -0.15) is 11.8 Å². The topological polar surface area (TPSA) is 26.0 Å². The summed E-state index contributed by atoms with van der Waals surface area (Å²) in [5, 5.41) is 0. The zero-order chi connectivity index (χ0) is 11.4. The minimum atomic E-state index is 0.563. The summed E-state index contributed by atoms with van der Waals surface area (Å²) in [6.07, 6.45) is 2.71. The summed E-state index contributed by atoms with van der Waals surface area (Å²) in [4.78, 5) is 0. The second kappa shape index (κ2) is 5.74. The molecule has 1 heterocycles. The van der Waals surface area contributed by atoms with Crippen molar-refractivity contribution in [3.8, 4) is 0 Å². The lowest BCUT2D eigenvalue weighted by molar-refractivity contribution is 0.430. The van der Waals surface area contributed by atoms with Crippen LogP contribution in [0.15, 0.2) is 24.3 Å². The van der Waals surface area contributed by atoms with Gasteiger partial charge in [-0.05, 0) is 55.2 Å². The summed E-state index contributed by atoms with van der Waals surface area (Å²) in [5.74, 6) is 3.97. The highest BCUT2D eigenvalue weighted by atomic mass is 32.2. The monoisotopic (exact) mass is 235 g/mol. The summed E-state index contributed by atoms with van der Waals surface area (Å²) in [7, 11) is 0. The van der Waals surface area contributed by atoms with E-state index in [1.54, 1.807) is 0 Å². The standard InChI is InChI=1S/C14H21NS/c1-11-4-2-5-12(8-11)14(9-15)13-6-3-7-16-10-13/h2,4-5,8,13-14H,3,6-7,9-10,15H2,1H3. The molecule has 2 N–H and O–H groups in total. The van der Waals surface area contributed by atoms with Crippen molar-refractivity contribution in [2.24, 2.45) is 11.7 Å². The summed E-state index contributed by atoms with van der Waals surface area (Å²) in [6, 6.07) is 8.86. The first-order valence-electron chi connectivity index (χ1n) is 6.15. The molecular formula is C14H21NS. The van der Waals surface area contributed by atoms with E-state index in [2.05, 4.69) is 43.0 Å². The Balaban J connectivity index is 2.14. The van der Waals surface area contributed by atoms with Gasteiger partial charge in [0.1, 0.15) is 0 Å². The van der Waals surface area contributed by atoms with E-state index in [0.29, 0.717) is 5.92 Å². The maximum Gasteiger partial charge on any atom is -0.000258 e. The Bertz CT molecular complexity index is 331. The second-order valence-electron chi connectivity index (χ2n) is 4.73. The smallest absolute Gasteiger partial charge is 0.000258 e. The number of nitrogens with two attached hydrogens (primary N) is 1. The Kier molecular flexibility index (Phi) is 4.30. The predicted octanol–water partition coefficient (Wildman–Crippen LogP) is 3.18. The van der Waals surface area contributed by atoms with Crippen molar-refractivity contribution in [2.45, 2.75) is 25.7 Å². The van der Waals surface area contributed by atoms with E-state index in [9.17, 15) is 0 Å². The van der Waals surface area contributed by atoms with Gasteiger partial charge in [0.25, 0.3) is 0 Å². The largest absolute Gasteiger partial charge is 0.330 e. The molecule has 1 aliphatic heterocycles. The van der Waals surface area contributed by atoms with Gasteiger partial charge in [0.05, 0.1) is 0 Å². The molecule has 1 aromatic rings. The fourth-order valence-corrected chi connectivity index (χ4v) is 3.82. The van der Waals surface area contributed by atoms with Gasteiger partial charge in [0.2, 0.25) is 0 Å². The second-order valence-corrected chi connectivity index (χ2v) is 5.88. The van der Waals surface area contributed by atoms with Crippen LogP contribution in [0.1, 0.15) is 29.9 Å². The average Bonchev–Trinajstić information content (AvgIpc) is 2.31. The first-order chi connectivity index (χ1) is 7.81. The normalized spacial score (nSPS) is 23.0. The van der Waals surface area contributed by atoms with E-state index in [0.717, 1.165) is 12.5 Å². The lowest BCUT2D eigenvalue weighted by Crippen LogP contribution is -2.25. The zero-order valence-corrected chi connectivity index (χ0v) is 10.8. The molecule has 1 saturated heterocycles. The van der Waals surface area contributed by atoms with Crippen LogP contribution in [0.25, 0.3) is 0 Å². The molecule has 2 unspecified atom stereocenters. The van der Waals surface area contributed by atoms with Crippen LogP contribution >= 0.6 is 11.8 Å². The Morgan fingerprint density at radius 1 is 1.50 bits per heavy atom. The maximum absolute atomic E-state index is 5.98. The highest BCUT2D eigenvalue weighted by Gasteiger charge is 2.24. The first-order valence-corrected chi connectivity index (χ1v) is 7.31. The molecule has 1 fully saturated rings. The quantitative estimate of drug-likeness (QED) is 0.871. The SMILES string of the molecule is Cc1cccc(C(CN)C2CCCSC2)c1. The van der Waals surface area contributed by atoms with Crippen molar-refractivity contribution < 1.29 is 0 Å². The fourth-order valence-electron chi connectivity index (χ4n) is 2.58. The molecule has 0 amide bonds. The van der Waals surface area contributed by atoms with E-state index >= 15 is 0 Å². The zero-order valence-electron chi connectivity index (χ0n) is 9.99. The lowest BCUT2D eigenvalue weighted by atomic mass is 9.84. The van der Waals surface area contributed by atoms with Crippen molar-refractivity contribution >= 4 is 11.8 Å². The fraction of sp³-hybridized carbons (Fsp3) is 0.571. The highest BCUT2D eigenvalue weighted by Crippen LogP contribution is 2.34. The Morgan fingerprint density at radius 2 is 2.38 bits per heavy atom. The maximum atomic E-state index is 5.98. The molecule has 1 aliphatic rings. The molecule has 1 aromatic carbocycles. The molecule has 2 atom stereocenters. The third kappa shape index (κ3) is 2.80. The molecule has 2 heteroatoms. The van der Waals surface area contributed by atoms with Crippen LogP contribution in [-0.2, 0) is 0 Å². The molecular weight excluding hydrogens is 214 g/mol. The predicted molar refractivity (Wildman–Crippen MR) is 73.0 cm³/mol. The number of benzene rings is 1. The van der Waals surface area contributed by atoms with E-state index in [-0.39, 0.29) is 0 Å². The Labute approximate surface area is 103 Å². The van der Waals surface area contributed by atoms with Gasteiger partial charge >= 0.3 is 0 Å². The molecule has 0 spiro atoms. The van der Waals surface area contributed by atoms with Crippen LogP contribution in [0, 0.1) is 12.8 Å². The van der Waals surface area contributed by atoms with Crippen molar-refractivity contribution in [1.29, 1.82) is 0 Å². The van der Waals surface area contributed by atoms with Gasteiger partial charge in [0, 0.05) is 0 Å². The average molecular weight is 235 g/mol. The molecule has 0 bridgehead atoms. The van der Waals surface area contributed by atoms with E-state index in [1.165, 1.54) is 35.5 Å². The van der Waals surface area contributed by atoms with E-state index in [1.807, 2.05) is 0 Å². The minimum absolute atomic E-state index is 0.563. The molecule has 1 nitrogen and oxygen atoms in total. The molecule has 0 aromatic heterocycles. The van der Waals surface area contributed by atoms with Crippen molar-refractivity contribution in [2.75, 3.05) is 18.1 Å². The van der Waals surface area contributed by atoms with Gasteiger partial charge < -0.3 is 5.73 Å². The third-order valence-electron chi connectivity index (χ3n) is 3.49. The molecule has 0 saturated carbocycles. The van der Waals surface area contributed by atoms with Gasteiger partial charge in [0.15, 0.2) is 0 Å². The minimum Gasteiger partial charge on any atom is -0.330 e. The van der Waals surface area contributed by atoms with Crippen LogP contribution in [0.4, 0.5) is 0 Å². The number of rotatable bonds is 3. The van der Waals surface area contributed by atoms with Gasteiger partial charge in [-0.15, -0.1) is 0 Å². The van der Waals surface area contributed by atoms with E-state index in [4.69, 9.17) is 5.73 Å². The van der Waals surface area contributed by atoms with Crippen molar-refractivity contribution in [3.05, 3.63) is 35.4 Å². The Hall–Kier alpha value is -0.470. The first kappa shape index (κ1) is 12.0. The number of hydrogen-bond acceptors (Lipinski definition) is 2. The van der Waals surface area contributed by atoms with Crippen molar-refractivity contribution in [3.63, 3.8) is 0 Å². The van der Waals surface area contributed by atoms with Crippen LogP contribution in [0.5, 0.6) is 0 Å². The molecule has 16 heavy (non-hydrogen) atoms. The molecule has 2 rings (SSSR count). The number of aryl methyl sites for hydroxylation is 1. The van der Waals surface area contributed by atoms with Crippen LogP contribution < -0.4 is 5.73 Å². The lowest BCUT2D eigenvalue weighted by Gasteiger charge is -2.29. The summed E-state index contributed by atoms with van der Waals surface area (Å²) in [5.41, 5.74) is 8.76. The van der Waals surface area contributed by atoms with Gasteiger partial charge in [-0.1, -0.05) is 29.8 Å². The van der Waals surface area contributed by atoms with Gasteiger partial charge in [-0.3, -0.25) is 0 Å². The molecule has 0 radical (unpaired) electrons. The Morgan fingerprint density at radius 3 is 3.00 bits per heavy atom. The molecule has 0 aliphatic carbocycles. The molecule has 88 valence electrons. The number of hydrogen-bond donors (Lipinski definition) is 1. The van der Waals surface area contributed by atoms with Crippen LogP contribution in [0.3, 0.4) is 0 Å². The van der Waals surface area contributed by atoms with Crippen LogP contribution in [0.2, 0.25) is 0 Å². The third-order valence-corrected chi connectivity index (χ3v) is 4.73. The van der Waals surface area contributed by atoms with Gasteiger partial charge in [-0.25, -0.2) is 0 Å². The van der Waals surface area contributed by atoms with Crippen molar-refractivity contribution in [1.82, 2.24) is 0 Å². The summed E-state index contributed by atoms with van der Waals surface area (Å²) < 4.78 is 0. The highest BCUT2D eigenvalue weighted by molar-refractivity contribution is 7.99.